The first-order valence-electron chi connectivity index (χ1n) is 9.27. The SMILES string of the molecule is Cc1ccc(CN2C(=O)C(O)(CC(=O)c3cccs3)c3cc(Br)ccc32)c(C)c1. The number of nitrogens with zero attached hydrogens (tertiary/aromatic N) is 1. The van der Waals surface area contributed by atoms with Gasteiger partial charge in [0.05, 0.1) is 23.5 Å². The lowest BCUT2D eigenvalue weighted by atomic mass is 9.89. The number of carbonyl (C=O) groups excluding carboxylic acids is 2. The van der Waals surface area contributed by atoms with Crippen molar-refractivity contribution in [3.05, 3.63) is 85.5 Å². The number of anilines is 1. The monoisotopic (exact) mass is 469 g/mol. The van der Waals surface area contributed by atoms with Crippen LogP contribution in [0.3, 0.4) is 0 Å². The molecule has 0 aliphatic carbocycles. The molecule has 6 heteroatoms. The number of amides is 1. The van der Waals surface area contributed by atoms with Gasteiger partial charge in [0, 0.05) is 10.0 Å². The second-order valence-corrected chi connectivity index (χ2v) is 9.28. The number of carbonyl (C=O) groups is 2. The van der Waals surface area contributed by atoms with E-state index in [9.17, 15) is 14.7 Å². The number of halogens is 1. The molecule has 4 nitrogen and oxygen atoms in total. The largest absolute Gasteiger partial charge is 0.375 e. The van der Waals surface area contributed by atoms with Gasteiger partial charge in [-0.05, 0) is 54.6 Å². The summed E-state index contributed by atoms with van der Waals surface area (Å²) in [5.41, 5.74) is 2.47. The molecule has 3 aromatic rings. The molecule has 4 rings (SSSR count). The fraction of sp³-hybridized carbons (Fsp3) is 0.217. The van der Waals surface area contributed by atoms with Gasteiger partial charge in [-0.1, -0.05) is 45.8 Å². The maximum absolute atomic E-state index is 13.4. The molecule has 1 unspecified atom stereocenters. The van der Waals surface area contributed by atoms with Crippen LogP contribution in [-0.2, 0) is 16.9 Å². The quantitative estimate of drug-likeness (QED) is 0.526. The van der Waals surface area contributed by atoms with E-state index < -0.39 is 11.5 Å². The molecule has 0 saturated heterocycles. The number of aliphatic hydroxyl groups is 1. The lowest BCUT2D eigenvalue weighted by Gasteiger charge is -2.23. The standard InChI is InChI=1S/C23H20BrNO3S/c1-14-5-6-16(15(2)10-14)13-25-19-8-7-17(24)11-18(19)23(28,22(25)27)12-20(26)21-4-3-9-29-21/h3-11,28H,12-13H2,1-2H3. The molecule has 0 fully saturated rings. The van der Waals surface area contributed by atoms with E-state index in [1.807, 2.05) is 43.5 Å². The smallest absolute Gasteiger partial charge is 0.264 e. The number of hydrogen-bond acceptors (Lipinski definition) is 4. The van der Waals surface area contributed by atoms with Crippen molar-refractivity contribution in [1.82, 2.24) is 0 Å². The fourth-order valence-electron chi connectivity index (χ4n) is 3.80. The third kappa shape index (κ3) is 3.56. The van der Waals surface area contributed by atoms with Crippen LogP contribution in [0, 0.1) is 13.8 Å². The van der Waals surface area contributed by atoms with Crippen LogP contribution in [0.15, 0.2) is 58.4 Å². The number of fused-ring (bicyclic) bond motifs is 1. The van der Waals surface area contributed by atoms with E-state index in [1.165, 1.54) is 11.3 Å². The first-order valence-corrected chi connectivity index (χ1v) is 10.9. The predicted octanol–water partition coefficient (Wildman–Crippen LogP) is 5.13. The summed E-state index contributed by atoms with van der Waals surface area (Å²) in [6, 6.07) is 15.0. The first kappa shape index (κ1) is 20.0. The Balaban J connectivity index is 1.73. The van der Waals surface area contributed by atoms with Crippen molar-refractivity contribution in [3.63, 3.8) is 0 Å². The molecule has 0 radical (unpaired) electrons. The summed E-state index contributed by atoms with van der Waals surface area (Å²) in [6.07, 6.45) is -0.279. The van der Waals surface area contributed by atoms with Crippen molar-refractivity contribution in [3.8, 4) is 0 Å². The normalized spacial score (nSPS) is 18.2. The van der Waals surface area contributed by atoms with Crippen LogP contribution in [0.2, 0.25) is 0 Å². The number of Topliss-reactive ketones (excluding diaryl/α,β-unsaturated/α-hetero) is 1. The van der Waals surface area contributed by atoms with E-state index in [0.29, 0.717) is 22.7 Å². The van der Waals surface area contributed by atoms with Gasteiger partial charge in [0.2, 0.25) is 0 Å². The highest BCUT2D eigenvalue weighted by molar-refractivity contribution is 9.10. The number of benzene rings is 2. The van der Waals surface area contributed by atoms with Crippen LogP contribution in [0.25, 0.3) is 0 Å². The van der Waals surface area contributed by atoms with Crippen LogP contribution in [0.4, 0.5) is 5.69 Å². The van der Waals surface area contributed by atoms with Crippen LogP contribution >= 0.6 is 27.3 Å². The number of ketones is 1. The fourth-order valence-corrected chi connectivity index (χ4v) is 4.83. The summed E-state index contributed by atoms with van der Waals surface area (Å²) in [5, 5.41) is 13.2. The summed E-state index contributed by atoms with van der Waals surface area (Å²) in [7, 11) is 0. The summed E-state index contributed by atoms with van der Waals surface area (Å²) in [6.45, 7) is 4.38. The highest BCUT2D eigenvalue weighted by Crippen LogP contribution is 2.45. The van der Waals surface area contributed by atoms with E-state index in [4.69, 9.17) is 0 Å². The summed E-state index contributed by atoms with van der Waals surface area (Å²) < 4.78 is 0.749. The molecule has 2 aromatic carbocycles. The Morgan fingerprint density at radius 2 is 1.97 bits per heavy atom. The van der Waals surface area contributed by atoms with Gasteiger partial charge in [0.25, 0.3) is 5.91 Å². The van der Waals surface area contributed by atoms with Gasteiger partial charge in [-0.2, -0.15) is 0 Å². The molecule has 1 aliphatic rings. The zero-order valence-electron chi connectivity index (χ0n) is 16.1. The van der Waals surface area contributed by atoms with E-state index in [1.54, 1.807) is 23.1 Å². The van der Waals surface area contributed by atoms with E-state index >= 15 is 0 Å². The van der Waals surface area contributed by atoms with Gasteiger partial charge in [0.1, 0.15) is 0 Å². The molecule has 148 valence electrons. The van der Waals surface area contributed by atoms with Crippen molar-refractivity contribution in [1.29, 1.82) is 0 Å². The van der Waals surface area contributed by atoms with Crippen LogP contribution in [-0.4, -0.2) is 16.8 Å². The van der Waals surface area contributed by atoms with Crippen molar-refractivity contribution < 1.29 is 14.7 Å². The Labute approximate surface area is 181 Å². The van der Waals surface area contributed by atoms with Gasteiger partial charge in [-0.25, -0.2) is 0 Å². The molecule has 29 heavy (non-hydrogen) atoms. The van der Waals surface area contributed by atoms with E-state index in [-0.39, 0.29) is 12.2 Å². The topological polar surface area (TPSA) is 57.6 Å². The number of thiophene rings is 1. The van der Waals surface area contributed by atoms with Gasteiger partial charge in [-0.15, -0.1) is 11.3 Å². The minimum atomic E-state index is -1.88. The Kier molecular flexibility index (Phi) is 5.19. The Morgan fingerprint density at radius 3 is 2.66 bits per heavy atom. The minimum absolute atomic E-state index is 0.241. The van der Waals surface area contributed by atoms with Crippen molar-refractivity contribution >= 4 is 44.6 Å². The van der Waals surface area contributed by atoms with Gasteiger partial charge in [0.15, 0.2) is 11.4 Å². The van der Waals surface area contributed by atoms with Gasteiger partial charge < -0.3 is 10.0 Å². The summed E-state index contributed by atoms with van der Waals surface area (Å²) in [5.74, 6) is -0.703. The minimum Gasteiger partial charge on any atom is -0.375 e. The number of rotatable bonds is 5. The Bertz CT molecular complexity index is 1110. The molecular weight excluding hydrogens is 450 g/mol. The molecular formula is C23H20BrNO3S. The molecule has 1 aliphatic heterocycles. The highest BCUT2D eigenvalue weighted by atomic mass is 79.9. The molecule has 0 spiro atoms. The van der Waals surface area contributed by atoms with E-state index in [2.05, 4.69) is 22.0 Å². The van der Waals surface area contributed by atoms with Gasteiger partial charge in [-0.3, -0.25) is 9.59 Å². The van der Waals surface area contributed by atoms with Crippen LogP contribution in [0.1, 0.15) is 38.3 Å². The molecule has 1 amide bonds. The molecule has 1 aromatic heterocycles. The molecule has 0 bridgehead atoms. The lowest BCUT2D eigenvalue weighted by Crippen LogP contribution is -2.41. The van der Waals surface area contributed by atoms with Crippen molar-refractivity contribution in [2.75, 3.05) is 4.90 Å². The predicted molar refractivity (Wildman–Crippen MR) is 118 cm³/mol. The zero-order chi connectivity index (χ0) is 20.8. The highest BCUT2D eigenvalue weighted by Gasteiger charge is 2.51. The van der Waals surface area contributed by atoms with Crippen LogP contribution in [0.5, 0.6) is 0 Å². The third-order valence-corrected chi connectivity index (χ3v) is 6.74. The Hall–Kier alpha value is -2.28. The van der Waals surface area contributed by atoms with Crippen molar-refractivity contribution in [2.24, 2.45) is 0 Å². The average molecular weight is 470 g/mol. The number of hydrogen-bond donors (Lipinski definition) is 1. The molecule has 2 heterocycles. The van der Waals surface area contributed by atoms with Crippen molar-refractivity contribution in [2.45, 2.75) is 32.4 Å². The lowest BCUT2D eigenvalue weighted by molar-refractivity contribution is -0.136. The zero-order valence-corrected chi connectivity index (χ0v) is 18.5. The van der Waals surface area contributed by atoms with Gasteiger partial charge >= 0.3 is 0 Å². The maximum atomic E-state index is 13.4. The molecule has 1 N–H and O–H groups in total. The number of aryl methyl sites for hydroxylation is 2. The molecule has 0 saturated carbocycles. The second kappa shape index (κ2) is 7.52. The second-order valence-electron chi connectivity index (χ2n) is 7.42. The molecule has 1 atom stereocenters. The first-order chi connectivity index (χ1) is 13.8. The Morgan fingerprint density at radius 1 is 1.17 bits per heavy atom. The summed E-state index contributed by atoms with van der Waals surface area (Å²) in [4.78, 5) is 28.2. The van der Waals surface area contributed by atoms with Crippen LogP contribution < -0.4 is 4.90 Å². The summed E-state index contributed by atoms with van der Waals surface area (Å²) >= 11 is 4.73. The average Bonchev–Trinajstić information content (AvgIpc) is 3.27. The maximum Gasteiger partial charge on any atom is 0.264 e. The third-order valence-electron chi connectivity index (χ3n) is 5.33. The van der Waals surface area contributed by atoms with E-state index in [0.717, 1.165) is 21.2 Å².